The number of nitrogens with one attached hydrogen (secondary N) is 1. The monoisotopic (exact) mass is 264 g/mol. The Morgan fingerprint density at radius 1 is 1.18 bits per heavy atom. The van der Waals surface area contributed by atoms with Crippen molar-refractivity contribution in [3.05, 3.63) is 0 Å². The van der Waals surface area contributed by atoms with Gasteiger partial charge in [0.05, 0.1) is 5.75 Å². The molecular formula is C12H28N2O2S. The van der Waals surface area contributed by atoms with E-state index in [1.54, 1.807) is 0 Å². The van der Waals surface area contributed by atoms with E-state index in [1.165, 1.54) is 12.7 Å². The van der Waals surface area contributed by atoms with Gasteiger partial charge in [0.2, 0.25) is 0 Å². The maximum absolute atomic E-state index is 10.9. The van der Waals surface area contributed by atoms with E-state index in [2.05, 4.69) is 38.0 Å². The van der Waals surface area contributed by atoms with Crippen molar-refractivity contribution in [1.29, 1.82) is 0 Å². The minimum Gasteiger partial charge on any atom is -0.314 e. The third-order valence-corrected chi connectivity index (χ3v) is 3.80. The van der Waals surface area contributed by atoms with Crippen LogP contribution in [0.4, 0.5) is 0 Å². The highest BCUT2D eigenvalue weighted by atomic mass is 32.2. The molecule has 0 radical (unpaired) electrons. The Kier molecular flexibility index (Phi) is 8.00. The quantitative estimate of drug-likeness (QED) is 0.631. The van der Waals surface area contributed by atoms with Gasteiger partial charge >= 0.3 is 0 Å². The van der Waals surface area contributed by atoms with Crippen LogP contribution in [0.5, 0.6) is 0 Å². The lowest BCUT2D eigenvalue weighted by molar-refractivity contribution is 0.229. The summed E-state index contributed by atoms with van der Waals surface area (Å²) in [7, 11) is -0.717. The highest BCUT2D eigenvalue weighted by Crippen LogP contribution is 2.08. The number of likely N-dealkylation sites (N-methyl/N-ethyl adjacent to an activating group) is 1. The average Bonchev–Trinajstić information content (AvgIpc) is 2.13. The summed E-state index contributed by atoms with van der Waals surface area (Å²) < 4.78 is 21.8. The molecule has 0 heterocycles. The Labute approximate surface area is 107 Å². The van der Waals surface area contributed by atoms with E-state index >= 15 is 0 Å². The van der Waals surface area contributed by atoms with E-state index in [9.17, 15) is 8.42 Å². The molecule has 1 unspecified atom stereocenters. The Balaban J connectivity index is 3.61. The predicted molar refractivity (Wildman–Crippen MR) is 74.1 cm³/mol. The van der Waals surface area contributed by atoms with Crippen LogP contribution in [-0.2, 0) is 9.84 Å². The van der Waals surface area contributed by atoms with Crippen molar-refractivity contribution in [3.63, 3.8) is 0 Å². The van der Waals surface area contributed by atoms with Crippen LogP contribution < -0.4 is 5.32 Å². The average molecular weight is 264 g/mol. The maximum Gasteiger partial charge on any atom is 0.148 e. The van der Waals surface area contributed by atoms with E-state index < -0.39 is 9.84 Å². The fourth-order valence-electron chi connectivity index (χ4n) is 1.72. The maximum atomic E-state index is 10.9. The molecule has 0 saturated carbocycles. The van der Waals surface area contributed by atoms with Gasteiger partial charge in [-0.2, -0.15) is 0 Å². The number of sulfone groups is 1. The lowest BCUT2D eigenvalue weighted by atomic mass is 10.0. The third-order valence-electron chi connectivity index (χ3n) is 2.86. The molecule has 0 rings (SSSR count). The molecule has 104 valence electrons. The van der Waals surface area contributed by atoms with E-state index in [4.69, 9.17) is 0 Å². The van der Waals surface area contributed by atoms with Gasteiger partial charge in [-0.15, -0.1) is 0 Å². The van der Waals surface area contributed by atoms with Crippen molar-refractivity contribution < 1.29 is 8.42 Å². The Hall–Kier alpha value is -0.130. The van der Waals surface area contributed by atoms with E-state index in [0.717, 1.165) is 13.1 Å². The largest absolute Gasteiger partial charge is 0.314 e. The topological polar surface area (TPSA) is 49.4 Å². The summed E-state index contributed by atoms with van der Waals surface area (Å²) in [5, 5.41) is 3.16. The Morgan fingerprint density at radius 2 is 1.76 bits per heavy atom. The highest BCUT2D eigenvalue weighted by Gasteiger charge is 2.10. The normalized spacial score (nSPS) is 14.5. The van der Waals surface area contributed by atoms with Crippen LogP contribution in [0.3, 0.4) is 0 Å². The van der Waals surface area contributed by atoms with Gasteiger partial charge < -0.3 is 10.2 Å². The van der Waals surface area contributed by atoms with Gasteiger partial charge in [0.1, 0.15) is 9.84 Å². The molecule has 0 aliphatic heterocycles. The smallest absolute Gasteiger partial charge is 0.148 e. The molecule has 0 aromatic carbocycles. The van der Waals surface area contributed by atoms with Crippen molar-refractivity contribution in [1.82, 2.24) is 10.2 Å². The summed E-state index contributed by atoms with van der Waals surface area (Å²) in [6.45, 7) is 9.04. The lowest BCUT2D eigenvalue weighted by Gasteiger charge is -2.26. The Morgan fingerprint density at radius 3 is 2.24 bits per heavy atom. The molecule has 0 amide bonds. The summed E-state index contributed by atoms with van der Waals surface area (Å²) in [6, 6.07) is 0.576. The van der Waals surface area contributed by atoms with E-state index in [-0.39, 0.29) is 5.75 Å². The first-order chi connectivity index (χ1) is 7.72. The van der Waals surface area contributed by atoms with Crippen LogP contribution >= 0.6 is 0 Å². The van der Waals surface area contributed by atoms with Crippen molar-refractivity contribution in [2.75, 3.05) is 38.7 Å². The highest BCUT2D eigenvalue weighted by molar-refractivity contribution is 7.90. The van der Waals surface area contributed by atoms with Crippen molar-refractivity contribution in [2.24, 2.45) is 5.92 Å². The van der Waals surface area contributed by atoms with Crippen LogP contribution in [0, 0.1) is 5.92 Å². The standard InChI is InChI=1S/C12H28N2O2S/c1-11(2)10-12(3)14(4)8-6-13-7-9-17(5,15)16/h11-13H,6-10H2,1-5H3. The summed E-state index contributed by atoms with van der Waals surface area (Å²) >= 11 is 0. The molecular weight excluding hydrogens is 236 g/mol. The van der Waals surface area contributed by atoms with Gasteiger partial charge in [0.25, 0.3) is 0 Å². The first-order valence-electron chi connectivity index (χ1n) is 6.31. The molecule has 0 aliphatic rings. The first kappa shape index (κ1) is 16.9. The molecule has 0 fully saturated rings. The van der Waals surface area contributed by atoms with Gasteiger partial charge in [-0.25, -0.2) is 8.42 Å². The summed E-state index contributed by atoms with van der Waals surface area (Å²) in [5.74, 6) is 0.934. The third kappa shape index (κ3) is 10.7. The molecule has 1 atom stereocenters. The minimum atomic E-state index is -2.83. The zero-order chi connectivity index (χ0) is 13.5. The van der Waals surface area contributed by atoms with Crippen LogP contribution in [0.2, 0.25) is 0 Å². The molecule has 0 aliphatic carbocycles. The SMILES string of the molecule is CC(C)CC(C)N(C)CCNCCS(C)(=O)=O. The molecule has 0 saturated heterocycles. The first-order valence-corrected chi connectivity index (χ1v) is 8.37. The van der Waals surface area contributed by atoms with Gasteiger partial charge in [0.15, 0.2) is 0 Å². The van der Waals surface area contributed by atoms with Crippen molar-refractivity contribution >= 4 is 9.84 Å². The van der Waals surface area contributed by atoms with Crippen LogP contribution in [0.15, 0.2) is 0 Å². The van der Waals surface area contributed by atoms with Crippen molar-refractivity contribution in [2.45, 2.75) is 33.2 Å². The molecule has 0 aromatic rings. The number of hydrogen-bond acceptors (Lipinski definition) is 4. The van der Waals surface area contributed by atoms with Crippen molar-refractivity contribution in [3.8, 4) is 0 Å². The second-order valence-electron chi connectivity index (χ2n) is 5.34. The number of hydrogen-bond donors (Lipinski definition) is 1. The fourth-order valence-corrected chi connectivity index (χ4v) is 2.24. The second kappa shape index (κ2) is 8.06. The zero-order valence-electron chi connectivity index (χ0n) is 11.9. The van der Waals surface area contributed by atoms with E-state index in [1.807, 2.05) is 0 Å². The number of nitrogens with zero attached hydrogens (tertiary/aromatic N) is 1. The van der Waals surface area contributed by atoms with Crippen LogP contribution in [0.25, 0.3) is 0 Å². The van der Waals surface area contributed by atoms with Gasteiger partial charge in [-0.3, -0.25) is 0 Å². The lowest BCUT2D eigenvalue weighted by Crippen LogP contribution is -2.37. The molecule has 5 heteroatoms. The summed E-state index contributed by atoms with van der Waals surface area (Å²) in [6.07, 6.45) is 2.46. The second-order valence-corrected chi connectivity index (χ2v) is 7.60. The predicted octanol–water partition coefficient (Wildman–Crippen LogP) is 0.987. The minimum absolute atomic E-state index is 0.220. The van der Waals surface area contributed by atoms with Gasteiger partial charge in [-0.1, -0.05) is 13.8 Å². The number of rotatable bonds is 9. The fraction of sp³-hybridized carbons (Fsp3) is 1.00. The van der Waals surface area contributed by atoms with Gasteiger partial charge in [0, 0.05) is 31.9 Å². The molecule has 0 aromatic heterocycles. The Bertz CT molecular complexity index is 289. The van der Waals surface area contributed by atoms with Crippen LogP contribution in [0.1, 0.15) is 27.2 Å². The molecule has 1 N–H and O–H groups in total. The summed E-state index contributed by atoms with van der Waals surface area (Å²) in [5.41, 5.74) is 0. The van der Waals surface area contributed by atoms with Gasteiger partial charge in [-0.05, 0) is 26.3 Å². The molecule has 0 bridgehead atoms. The van der Waals surface area contributed by atoms with Crippen LogP contribution in [-0.4, -0.2) is 58.1 Å². The summed E-state index contributed by atoms with van der Waals surface area (Å²) in [4.78, 5) is 2.31. The zero-order valence-corrected chi connectivity index (χ0v) is 12.7. The molecule has 0 spiro atoms. The molecule has 17 heavy (non-hydrogen) atoms. The van der Waals surface area contributed by atoms with E-state index in [0.29, 0.717) is 18.5 Å². The molecule has 4 nitrogen and oxygen atoms in total.